The molecule has 1 fully saturated rings. The lowest BCUT2D eigenvalue weighted by Crippen LogP contribution is -2.29. The van der Waals surface area contributed by atoms with Crippen molar-refractivity contribution in [2.45, 2.75) is 77.2 Å². The third-order valence-electron chi connectivity index (χ3n) is 6.24. The van der Waals surface area contributed by atoms with Crippen LogP contribution in [0.25, 0.3) is 0 Å². The van der Waals surface area contributed by atoms with E-state index >= 15 is 0 Å². The Morgan fingerprint density at radius 3 is 2.12 bits per heavy atom. The number of alkyl halides is 3. The Kier molecular flexibility index (Phi) is 10.3. The van der Waals surface area contributed by atoms with Crippen LogP contribution in [-0.2, 0) is 27.5 Å². The zero-order valence-corrected chi connectivity index (χ0v) is 19.4. The molecule has 0 bridgehead atoms. The molecule has 1 heterocycles. The molecule has 2 aliphatic rings. The first-order valence-electron chi connectivity index (χ1n) is 11.6. The van der Waals surface area contributed by atoms with Crippen LogP contribution < -0.4 is 5.73 Å². The van der Waals surface area contributed by atoms with Gasteiger partial charge in [-0.15, -0.1) is 0 Å². The van der Waals surface area contributed by atoms with E-state index in [1.807, 2.05) is 23.1 Å². The summed E-state index contributed by atoms with van der Waals surface area (Å²) < 4.78 is 31.7. The van der Waals surface area contributed by atoms with Gasteiger partial charge in [0, 0.05) is 19.5 Å². The van der Waals surface area contributed by atoms with Gasteiger partial charge in [0.25, 0.3) is 0 Å². The van der Waals surface area contributed by atoms with Gasteiger partial charge in [-0.25, -0.2) is 4.79 Å². The highest BCUT2D eigenvalue weighted by molar-refractivity contribution is 5.88. The van der Waals surface area contributed by atoms with Gasteiger partial charge in [-0.3, -0.25) is 9.59 Å². The largest absolute Gasteiger partial charge is 0.490 e. The number of carbonyl (C=O) groups is 3. The predicted molar refractivity (Wildman–Crippen MR) is 121 cm³/mol. The second kappa shape index (κ2) is 12.7. The van der Waals surface area contributed by atoms with Gasteiger partial charge in [0.1, 0.15) is 5.78 Å². The zero-order valence-electron chi connectivity index (χ0n) is 19.4. The summed E-state index contributed by atoms with van der Waals surface area (Å²) in [4.78, 5) is 35.6. The van der Waals surface area contributed by atoms with Crippen molar-refractivity contribution in [3.05, 3.63) is 47.5 Å². The second-order valence-corrected chi connectivity index (χ2v) is 9.08. The molecule has 1 saturated carbocycles. The number of nitrogens with zero attached hydrogens (tertiary/aromatic N) is 1. The highest BCUT2D eigenvalue weighted by Gasteiger charge is 2.38. The molecule has 0 aromatic heterocycles. The molecule has 1 aliphatic heterocycles. The van der Waals surface area contributed by atoms with E-state index in [9.17, 15) is 22.8 Å². The summed E-state index contributed by atoms with van der Waals surface area (Å²) in [6, 6.07) is 7.76. The minimum absolute atomic E-state index is 0.0353. The Bertz CT molecular complexity index is 852. The van der Waals surface area contributed by atoms with Crippen molar-refractivity contribution in [3.8, 4) is 0 Å². The summed E-state index contributed by atoms with van der Waals surface area (Å²) >= 11 is 0. The van der Waals surface area contributed by atoms with Gasteiger partial charge in [0.05, 0.1) is 6.04 Å². The summed E-state index contributed by atoms with van der Waals surface area (Å²) in [5.74, 6) is -1.86. The monoisotopic (exact) mass is 482 g/mol. The van der Waals surface area contributed by atoms with Crippen molar-refractivity contribution in [1.29, 1.82) is 0 Å². The molecule has 3 N–H and O–H groups in total. The lowest BCUT2D eigenvalue weighted by Gasteiger charge is -2.25. The molecule has 0 unspecified atom stereocenters. The quantitative estimate of drug-likeness (QED) is 0.553. The van der Waals surface area contributed by atoms with Crippen molar-refractivity contribution in [2.75, 3.05) is 0 Å². The molecule has 2 atom stereocenters. The number of hydrogen-bond acceptors (Lipinski definition) is 4. The number of nitrogens with two attached hydrogens (primary N) is 1. The second-order valence-electron chi connectivity index (χ2n) is 9.08. The Hall–Kier alpha value is -2.68. The number of rotatable bonds is 7. The van der Waals surface area contributed by atoms with Crippen molar-refractivity contribution in [3.63, 3.8) is 0 Å². The van der Waals surface area contributed by atoms with Crippen molar-refractivity contribution < 1.29 is 32.7 Å². The lowest BCUT2D eigenvalue weighted by atomic mass is 9.81. The number of allylic oxidation sites excluding steroid dienone is 1. The van der Waals surface area contributed by atoms with E-state index in [4.69, 9.17) is 15.6 Å². The summed E-state index contributed by atoms with van der Waals surface area (Å²) in [6.07, 6.45) is 6.39. The lowest BCUT2D eigenvalue weighted by molar-refractivity contribution is -0.192. The molecule has 0 radical (unpaired) electrons. The Morgan fingerprint density at radius 2 is 1.65 bits per heavy atom. The molecule has 9 heteroatoms. The molecule has 1 aliphatic carbocycles. The van der Waals surface area contributed by atoms with Gasteiger partial charge >= 0.3 is 12.1 Å². The average molecular weight is 483 g/mol. The molecule has 6 nitrogen and oxygen atoms in total. The van der Waals surface area contributed by atoms with Crippen LogP contribution >= 0.6 is 0 Å². The van der Waals surface area contributed by atoms with Gasteiger partial charge < -0.3 is 15.7 Å². The summed E-state index contributed by atoms with van der Waals surface area (Å²) in [7, 11) is 0. The normalized spacial score (nSPS) is 18.1. The van der Waals surface area contributed by atoms with Gasteiger partial charge in [-0.05, 0) is 42.4 Å². The first-order chi connectivity index (χ1) is 16.0. The number of carboxylic acid groups (broad SMARTS) is 1. The SMILES string of the molecule is C[C@H](N)C(=O)C[C@H](/C=C/C(=O)N1Cc2ccccc2C1)CC1CCCCC1.O=C(O)C(F)(F)F. The Balaban J connectivity index is 0.000000509. The van der Waals surface area contributed by atoms with E-state index in [2.05, 4.69) is 12.1 Å². The van der Waals surface area contributed by atoms with Crippen LogP contribution in [0.15, 0.2) is 36.4 Å². The van der Waals surface area contributed by atoms with Crippen LogP contribution in [0.4, 0.5) is 13.2 Å². The zero-order chi connectivity index (χ0) is 25.3. The molecule has 1 amide bonds. The minimum Gasteiger partial charge on any atom is -0.475 e. The van der Waals surface area contributed by atoms with E-state index in [0.717, 1.165) is 6.42 Å². The Morgan fingerprint density at radius 1 is 1.12 bits per heavy atom. The van der Waals surface area contributed by atoms with E-state index in [1.54, 1.807) is 13.0 Å². The van der Waals surface area contributed by atoms with Gasteiger partial charge in [-0.2, -0.15) is 13.2 Å². The van der Waals surface area contributed by atoms with Crippen LogP contribution in [0, 0.1) is 11.8 Å². The van der Waals surface area contributed by atoms with Crippen LogP contribution in [0.5, 0.6) is 0 Å². The number of carboxylic acids is 1. The summed E-state index contributed by atoms with van der Waals surface area (Å²) in [5, 5.41) is 7.12. The van der Waals surface area contributed by atoms with Crippen molar-refractivity contribution in [1.82, 2.24) is 4.90 Å². The van der Waals surface area contributed by atoms with Gasteiger partial charge in [0.15, 0.2) is 0 Å². The van der Waals surface area contributed by atoms with E-state index in [-0.39, 0.29) is 17.6 Å². The maximum absolute atomic E-state index is 12.7. The fourth-order valence-corrected chi connectivity index (χ4v) is 4.34. The molecule has 34 heavy (non-hydrogen) atoms. The van der Waals surface area contributed by atoms with Gasteiger partial charge in [-0.1, -0.05) is 62.4 Å². The molecule has 1 aromatic rings. The topological polar surface area (TPSA) is 101 Å². The fraction of sp³-hybridized carbons (Fsp3) is 0.560. The molecule has 188 valence electrons. The third kappa shape index (κ3) is 8.93. The van der Waals surface area contributed by atoms with Crippen molar-refractivity contribution in [2.24, 2.45) is 17.6 Å². The highest BCUT2D eigenvalue weighted by Crippen LogP contribution is 2.31. The number of hydrogen-bond donors (Lipinski definition) is 2. The number of fused-ring (bicyclic) bond motifs is 1. The highest BCUT2D eigenvalue weighted by atomic mass is 19.4. The van der Waals surface area contributed by atoms with E-state index < -0.39 is 18.2 Å². The molecule has 0 saturated heterocycles. The standard InChI is InChI=1S/C23H32N2O2.C2HF3O2/c1-17(24)22(26)14-19(13-18-7-3-2-4-8-18)11-12-23(27)25-15-20-9-5-6-10-21(20)16-25;3-2(4,5)1(6)7/h5-6,9-12,17-19H,2-4,7-8,13-16,24H2,1H3;(H,6,7)/b12-11+;/t17-,19+;/m0./s1. The number of Topliss-reactive ketones (excluding diaryl/α,β-unsaturated/α-hetero) is 1. The first-order valence-corrected chi connectivity index (χ1v) is 11.6. The molecule has 0 spiro atoms. The maximum Gasteiger partial charge on any atom is 0.490 e. The number of benzene rings is 1. The number of ketones is 1. The average Bonchev–Trinajstić information content (AvgIpc) is 3.22. The van der Waals surface area contributed by atoms with E-state index in [1.165, 1.54) is 43.2 Å². The first kappa shape index (κ1) is 27.6. The summed E-state index contributed by atoms with van der Waals surface area (Å²) in [5.41, 5.74) is 8.23. The predicted octanol–water partition coefficient (Wildman–Crippen LogP) is 4.61. The number of halogens is 3. The molecule has 1 aromatic carbocycles. The molecule has 3 rings (SSSR count). The number of amides is 1. The van der Waals surface area contributed by atoms with Crippen LogP contribution in [0.3, 0.4) is 0 Å². The van der Waals surface area contributed by atoms with Crippen LogP contribution in [0.1, 0.15) is 63.0 Å². The maximum atomic E-state index is 12.7. The third-order valence-corrected chi connectivity index (χ3v) is 6.24. The fourth-order valence-electron chi connectivity index (χ4n) is 4.34. The minimum atomic E-state index is -5.08. The van der Waals surface area contributed by atoms with E-state index in [0.29, 0.717) is 25.4 Å². The Labute approximate surface area is 198 Å². The van der Waals surface area contributed by atoms with Crippen LogP contribution in [-0.4, -0.2) is 39.9 Å². The molecular formula is C25H33F3N2O4. The number of aliphatic carboxylic acids is 1. The number of carbonyl (C=O) groups excluding carboxylic acids is 2. The van der Waals surface area contributed by atoms with Crippen LogP contribution in [0.2, 0.25) is 0 Å². The summed E-state index contributed by atoms with van der Waals surface area (Å²) in [6.45, 7) is 3.09. The smallest absolute Gasteiger partial charge is 0.475 e. The molecular weight excluding hydrogens is 449 g/mol. The van der Waals surface area contributed by atoms with Gasteiger partial charge in [0.2, 0.25) is 5.91 Å². The van der Waals surface area contributed by atoms with Crippen molar-refractivity contribution >= 4 is 17.7 Å².